The van der Waals surface area contributed by atoms with Gasteiger partial charge in [0.25, 0.3) is 0 Å². The molecule has 2 aliphatic rings. The Labute approximate surface area is 111 Å². The average molecular weight is 243 g/mol. The predicted molar refractivity (Wildman–Crippen MR) is 77.1 cm³/mol. The molecule has 1 aliphatic heterocycles. The van der Waals surface area contributed by atoms with Crippen molar-refractivity contribution in [3.63, 3.8) is 0 Å². The van der Waals surface area contributed by atoms with E-state index in [9.17, 15) is 0 Å². The summed E-state index contributed by atoms with van der Waals surface area (Å²) in [5, 5.41) is 3.71. The molecule has 1 aromatic rings. The first-order valence-corrected chi connectivity index (χ1v) is 7.39. The van der Waals surface area contributed by atoms with Gasteiger partial charge >= 0.3 is 0 Å². The number of nitrogens with one attached hydrogen (secondary N) is 1. The molecule has 1 aromatic carbocycles. The molecule has 3 rings (SSSR count). The van der Waals surface area contributed by atoms with E-state index in [1.807, 2.05) is 0 Å². The topological polar surface area (TPSA) is 12.0 Å². The Hall–Kier alpha value is -0.820. The highest BCUT2D eigenvalue weighted by Crippen LogP contribution is 2.35. The molecule has 0 amide bonds. The molecule has 1 heteroatoms. The van der Waals surface area contributed by atoms with Gasteiger partial charge in [0.2, 0.25) is 0 Å². The van der Waals surface area contributed by atoms with Crippen LogP contribution in [0.5, 0.6) is 0 Å². The van der Waals surface area contributed by atoms with Crippen LogP contribution in [0, 0.1) is 5.41 Å². The van der Waals surface area contributed by atoms with Crippen molar-refractivity contribution in [1.29, 1.82) is 0 Å². The summed E-state index contributed by atoms with van der Waals surface area (Å²) in [6, 6.07) is 7.90. The molecule has 0 radical (unpaired) electrons. The molecule has 98 valence electrons. The monoisotopic (exact) mass is 243 g/mol. The zero-order valence-corrected chi connectivity index (χ0v) is 11.9. The van der Waals surface area contributed by atoms with E-state index in [-0.39, 0.29) is 0 Å². The Kier molecular flexibility index (Phi) is 2.97. The quantitative estimate of drug-likeness (QED) is 0.793. The molecular weight excluding hydrogens is 218 g/mol. The fraction of sp³-hybridized carbons (Fsp3) is 0.647. The van der Waals surface area contributed by atoms with Gasteiger partial charge in [-0.25, -0.2) is 0 Å². The van der Waals surface area contributed by atoms with E-state index in [1.54, 1.807) is 16.7 Å². The van der Waals surface area contributed by atoms with Gasteiger partial charge < -0.3 is 5.32 Å². The predicted octanol–water partition coefficient (Wildman–Crippen LogP) is 3.67. The maximum absolute atomic E-state index is 3.71. The van der Waals surface area contributed by atoms with Crippen LogP contribution >= 0.6 is 0 Å². The van der Waals surface area contributed by atoms with Gasteiger partial charge in [-0.3, -0.25) is 0 Å². The largest absolute Gasteiger partial charge is 0.313 e. The van der Waals surface area contributed by atoms with Crippen LogP contribution in [-0.4, -0.2) is 12.6 Å². The van der Waals surface area contributed by atoms with Crippen molar-refractivity contribution in [1.82, 2.24) is 5.32 Å². The third-order valence-electron chi connectivity index (χ3n) is 4.77. The second kappa shape index (κ2) is 4.38. The second-order valence-corrected chi connectivity index (χ2v) is 7.14. The van der Waals surface area contributed by atoms with Gasteiger partial charge in [-0.15, -0.1) is 0 Å². The van der Waals surface area contributed by atoms with Crippen molar-refractivity contribution in [3.05, 3.63) is 34.9 Å². The van der Waals surface area contributed by atoms with Crippen LogP contribution in [0.1, 0.15) is 56.2 Å². The maximum Gasteiger partial charge on any atom is 0.0122 e. The Morgan fingerprint density at radius 2 is 1.89 bits per heavy atom. The van der Waals surface area contributed by atoms with Crippen LogP contribution in [0.15, 0.2) is 18.2 Å². The van der Waals surface area contributed by atoms with Crippen molar-refractivity contribution in [3.8, 4) is 0 Å². The van der Waals surface area contributed by atoms with Crippen molar-refractivity contribution < 1.29 is 0 Å². The Morgan fingerprint density at radius 3 is 2.61 bits per heavy atom. The highest BCUT2D eigenvalue weighted by Gasteiger charge is 2.33. The minimum absolute atomic E-state index is 0.380. The summed E-state index contributed by atoms with van der Waals surface area (Å²) < 4.78 is 0. The molecule has 0 aromatic heterocycles. The first-order chi connectivity index (χ1) is 8.54. The van der Waals surface area contributed by atoms with Crippen LogP contribution in [0.3, 0.4) is 0 Å². The van der Waals surface area contributed by atoms with E-state index < -0.39 is 0 Å². The first-order valence-electron chi connectivity index (χ1n) is 7.39. The zero-order valence-electron chi connectivity index (χ0n) is 11.9. The number of rotatable bonds is 1. The summed E-state index contributed by atoms with van der Waals surface area (Å²) in [6.45, 7) is 8.18. The average Bonchev–Trinajstić information content (AvgIpc) is 2.96. The van der Waals surface area contributed by atoms with Crippen LogP contribution < -0.4 is 5.32 Å². The molecule has 1 aliphatic carbocycles. The summed E-state index contributed by atoms with van der Waals surface area (Å²) in [4.78, 5) is 0. The van der Waals surface area contributed by atoms with Crippen LogP contribution in [-0.2, 0) is 12.8 Å². The molecule has 1 N–H and O–H groups in total. The van der Waals surface area contributed by atoms with Crippen molar-refractivity contribution in [2.45, 2.75) is 58.4 Å². The summed E-state index contributed by atoms with van der Waals surface area (Å²) in [7, 11) is 0. The van der Waals surface area contributed by atoms with Crippen molar-refractivity contribution >= 4 is 0 Å². The third kappa shape index (κ3) is 2.21. The van der Waals surface area contributed by atoms with Gasteiger partial charge in [0.1, 0.15) is 0 Å². The lowest BCUT2D eigenvalue weighted by Gasteiger charge is -2.27. The van der Waals surface area contributed by atoms with Gasteiger partial charge in [-0.2, -0.15) is 0 Å². The van der Waals surface area contributed by atoms with E-state index in [0.717, 1.165) is 12.5 Å². The first kappa shape index (κ1) is 12.2. The smallest absolute Gasteiger partial charge is 0.0122 e. The highest BCUT2D eigenvalue weighted by molar-refractivity contribution is 5.37. The van der Waals surface area contributed by atoms with E-state index >= 15 is 0 Å². The zero-order chi connectivity index (χ0) is 12.8. The number of aryl methyl sites for hydroxylation is 2. The Morgan fingerprint density at radius 1 is 1.11 bits per heavy atom. The van der Waals surface area contributed by atoms with Crippen LogP contribution in [0.4, 0.5) is 0 Å². The van der Waals surface area contributed by atoms with Crippen molar-refractivity contribution in [2.75, 3.05) is 6.54 Å². The highest BCUT2D eigenvalue weighted by atomic mass is 15.0. The third-order valence-corrected chi connectivity index (χ3v) is 4.77. The number of benzene rings is 1. The molecule has 2 atom stereocenters. The molecule has 1 saturated heterocycles. The van der Waals surface area contributed by atoms with Gasteiger partial charge in [0.05, 0.1) is 0 Å². The molecule has 0 bridgehead atoms. The van der Waals surface area contributed by atoms with Crippen LogP contribution in [0.25, 0.3) is 0 Å². The van der Waals surface area contributed by atoms with Gasteiger partial charge in [0.15, 0.2) is 0 Å². The second-order valence-electron chi connectivity index (χ2n) is 7.14. The normalized spacial score (nSPS) is 27.5. The van der Waals surface area contributed by atoms with Crippen molar-refractivity contribution in [2.24, 2.45) is 5.41 Å². The number of hydrogen-bond acceptors (Lipinski definition) is 1. The van der Waals surface area contributed by atoms with Gasteiger partial charge in [-0.05, 0) is 53.7 Å². The fourth-order valence-electron chi connectivity index (χ4n) is 3.50. The van der Waals surface area contributed by atoms with Gasteiger partial charge in [0, 0.05) is 12.6 Å². The molecule has 0 spiro atoms. The lowest BCUT2D eigenvalue weighted by atomic mass is 9.83. The molecule has 1 heterocycles. The standard InChI is InChI=1S/C17H25N/c1-17(2,3)16-10-15(11-18-16)14-8-7-12-5-4-6-13(12)9-14/h7-9,15-16,18H,4-6,10-11H2,1-3H3. The fourth-order valence-corrected chi connectivity index (χ4v) is 3.50. The minimum Gasteiger partial charge on any atom is -0.313 e. The van der Waals surface area contributed by atoms with E-state index in [4.69, 9.17) is 0 Å². The summed E-state index contributed by atoms with van der Waals surface area (Å²) in [6.07, 6.45) is 5.24. The summed E-state index contributed by atoms with van der Waals surface area (Å²) >= 11 is 0. The van der Waals surface area contributed by atoms with Gasteiger partial charge in [-0.1, -0.05) is 39.0 Å². The number of hydrogen-bond donors (Lipinski definition) is 1. The Bertz CT molecular complexity index is 441. The molecule has 2 unspecified atom stereocenters. The summed E-state index contributed by atoms with van der Waals surface area (Å²) in [5.41, 5.74) is 5.16. The van der Waals surface area contributed by atoms with Crippen LogP contribution in [0.2, 0.25) is 0 Å². The SMILES string of the molecule is CC(C)(C)C1CC(c2ccc3c(c2)CCC3)CN1. The lowest BCUT2D eigenvalue weighted by Crippen LogP contribution is -2.34. The molecule has 1 nitrogen and oxygen atoms in total. The lowest BCUT2D eigenvalue weighted by molar-refractivity contribution is 0.293. The molecule has 1 fully saturated rings. The Balaban J connectivity index is 1.77. The summed E-state index contributed by atoms with van der Waals surface area (Å²) in [5.74, 6) is 0.722. The molecule has 18 heavy (non-hydrogen) atoms. The maximum atomic E-state index is 3.71. The minimum atomic E-state index is 0.380. The number of fused-ring (bicyclic) bond motifs is 1. The molecular formula is C17H25N. The molecule has 0 saturated carbocycles. The van der Waals surface area contributed by atoms with E-state index in [2.05, 4.69) is 44.3 Å². The van der Waals surface area contributed by atoms with E-state index in [1.165, 1.54) is 25.7 Å². The van der Waals surface area contributed by atoms with E-state index in [0.29, 0.717) is 11.5 Å².